The SMILES string of the molecule is C=C1C(C#N)=CC2(C)C3=CC(=O)C4CC(CCC(C)(C)CCC)(NC(=O)C5CC5)CCC4C3(C)CCC2C1(C)C. The summed E-state index contributed by atoms with van der Waals surface area (Å²) in [5.41, 5.74) is 2.19. The minimum atomic E-state index is -0.331. The maximum Gasteiger partial charge on any atom is 0.223 e. The largest absolute Gasteiger partial charge is 0.350 e. The monoisotopic (exact) mass is 544 g/mol. The summed E-state index contributed by atoms with van der Waals surface area (Å²) in [4.78, 5) is 27.3. The van der Waals surface area contributed by atoms with Crippen LogP contribution in [0.25, 0.3) is 0 Å². The molecule has 3 saturated carbocycles. The maximum atomic E-state index is 14.2. The minimum absolute atomic E-state index is 0.0533. The molecule has 4 nitrogen and oxygen atoms in total. The quantitative estimate of drug-likeness (QED) is 0.351. The molecule has 0 bridgehead atoms. The zero-order chi connectivity index (χ0) is 29.3. The summed E-state index contributed by atoms with van der Waals surface area (Å²) in [6.07, 6.45) is 15.3. The van der Waals surface area contributed by atoms with Crippen LogP contribution in [0.2, 0.25) is 0 Å². The number of allylic oxidation sites excluding steroid dienone is 5. The number of rotatable bonds is 7. The molecule has 0 spiro atoms. The molecule has 0 aliphatic heterocycles. The molecule has 6 unspecified atom stereocenters. The molecule has 1 N–H and O–H groups in total. The Bertz CT molecular complexity index is 1210. The molecule has 0 aromatic rings. The van der Waals surface area contributed by atoms with Crippen molar-refractivity contribution in [3.8, 4) is 6.07 Å². The number of nitriles is 1. The van der Waals surface area contributed by atoms with Crippen LogP contribution in [0.15, 0.2) is 35.5 Å². The van der Waals surface area contributed by atoms with Gasteiger partial charge in [-0.2, -0.15) is 5.26 Å². The van der Waals surface area contributed by atoms with Crippen LogP contribution in [0.5, 0.6) is 0 Å². The van der Waals surface area contributed by atoms with Gasteiger partial charge in [0.2, 0.25) is 5.91 Å². The zero-order valence-corrected chi connectivity index (χ0v) is 26.2. The van der Waals surface area contributed by atoms with Crippen LogP contribution in [-0.2, 0) is 9.59 Å². The number of nitrogens with zero attached hydrogens (tertiary/aromatic N) is 1. The van der Waals surface area contributed by atoms with Gasteiger partial charge in [0, 0.05) is 22.8 Å². The molecule has 5 rings (SSSR count). The first-order valence-electron chi connectivity index (χ1n) is 16.0. The molecule has 0 radical (unpaired) electrons. The second-order valence-corrected chi connectivity index (χ2v) is 16.0. The molecule has 3 fully saturated rings. The van der Waals surface area contributed by atoms with Gasteiger partial charge in [-0.1, -0.05) is 73.1 Å². The number of nitrogens with one attached hydrogen (secondary N) is 1. The lowest BCUT2D eigenvalue weighted by Gasteiger charge is -2.63. The van der Waals surface area contributed by atoms with Gasteiger partial charge in [0.05, 0.1) is 11.6 Å². The maximum absolute atomic E-state index is 14.2. The number of ketones is 1. The summed E-state index contributed by atoms with van der Waals surface area (Å²) in [5, 5.41) is 13.6. The second-order valence-electron chi connectivity index (χ2n) is 16.0. The molecule has 4 heteroatoms. The van der Waals surface area contributed by atoms with Gasteiger partial charge in [-0.15, -0.1) is 0 Å². The number of hydrogen-bond acceptors (Lipinski definition) is 3. The third-order valence-corrected chi connectivity index (χ3v) is 12.5. The highest BCUT2D eigenvalue weighted by Crippen LogP contribution is 2.68. The van der Waals surface area contributed by atoms with Gasteiger partial charge >= 0.3 is 0 Å². The topological polar surface area (TPSA) is 70.0 Å². The van der Waals surface area contributed by atoms with Crippen molar-refractivity contribution < 1.29 is 9.59 Å². The van der Waals surface area contributed by atoms with Gasteiger partial charge in [-0.25, -0.2) is 0 Å². The average Bonchev–Trinajstić information content (AvgIpc) is 3.73. The van der Waals surface area contributed by atoms with E-state index in [0.29, 0.717) is 11.5 Å². The Labute approximate surface area is 243 Å². The molecular weight excluding hydrogens is 492 g/mol. The molecule has 218 valence electrons. The lowest BCUT2D eigenvalue weighted by molar-refractivity contribution is -0.132. The third-order valence-electron chi connectivity index (χ3n) is 12.5. The molecule has 0 aromatic carbocycles. The molecule has 6 atom stereocenters. The van der Waals surface area contributed by atoms with Gasteiger partial charge in [0.1, 0.15) is 0 Å². The van der Waals surface area contributed by atoms with Crippen LogP contribution >= 0.6 is 0 Å². The first-order chi connectivity index (χ1) is 18.6. The zero-order valence-electron chi connectivity index (χ0n) is 26.2. The fourth-order valence-corrected chi connectivity index (χ4v) is 9.82. The van der Waals surface area contributed by atoms with Crippen molar-refractivity contribution in [3.63, 3.8) is 0 Å². The first-order valence-corrected chi connectivity index (χ1v) is 16.0. The molecule has 0 saturated heterocycles. The van der Waals surface area contributed by atoms with E-state index in [1.165, 1.54) is 12.0 Å². The standard InChI is InChI=1S/C36H52N2O2/c1-9-14-32(3,4)17-18-36(38-31(40)24-10-11-24)16-12-27-26(21-36)28(39)19-30-34(27,7)15-13-29-33(5,6)23(2)25(22-37)20-35(29,30)8/h19-20,24,26-27,29H,2,9-18,21H2,1,3-8H3,(H,38,40). The molecule has 5 aliphatic carbocycles. The number of amides is 1. The molecule has 40 heavy (non-hydrogen) atoms. The van der Waals surface area contributed by atoms with Crippen LogP contribution in [-0.4, -0.2) is 17.2 Å². The van der Waals surface area contributed by atoms with E-state index in [1.807, 2.05) is 6.08 Å². The first kappa shape index (κ1) is 29.3. The Hall–Kier alpha value is -2.15. The molecular formula is C36H52N2O2. The average molecular weight is 545 g/mol. The van der Waals surface area contributed by atoms with Crippen molar-refractivity contribution in [2.24, 2.45) is 45.3 Å². The predicted octanol–water partition coefficient (Wildman–Crippen LogP) is 8.25. The lowest BCUT2D eigenvalue weighted by Crippen LogP contribution is -2.60. The van der Waals surface area contributed by atoms with Gasteiger partial charge < -0.3 is 5.32 Å². The van der Waals surface area contributed by atoms with Crippen LogP contribution in [0, 0.1) is 56.7 Å². The highest BCUT2D eigenvalue weighted by molar-refractivity contribution is 5.95. The summed E-state index contributed by atoms with van der Waals surface area (Å²) in [6.45, 7) is 20.4. The molecule has 0 heterocycles. The van der Waals surface area contributed by atoms with E-state index in [0.717, 1.165) is 69.8 Å². The van der Waals surface area contributed by atoms with Gasteiger partial charge in [0.15, 0.2) is 5.78 Å². The van der Waals surface area contributed by atoms with Crippen LogP contribution in [0.4, 0.5) is 0 Å². The molecule has 1 amide bonds. The number of fused-ring (bicyclic) bond motifs is 5. The summed E-state index contributed by atoms with van der Waals surface area (Å²) in [6, 6.07) is 2.43. The third kappa shape index (κ3) is 4.64. The minimum Gasteiger partial charge on any atom is -0.350 e. The Morgan fingerprint density at radius 3 is 2.45 bits per heavy atom. The summed E-state index contributed by atoms with van der Waals surface area (Å²) in [5.74, 6) is 1.16. The smallest absolute Gasteiger partial charge is 0.223 e. The van der Waals surface area contributed by atoms with Gasteiger partial charge in [0.25, 0.3) is 0 Å². The summed E-state index contributed by atoms with van der Waals surface area (Å²) in [7, 11) is 0. The number of carbonyl (C=O) groups excluding carboxylic acids is 2. The Balaban J connectivity index is 1.50. The Morgan fingerprint density at radius 1 is 1.12 bits per heavy atom. The van der Waals surface area contributed by atoms with Gasteiger partial charge in [-0.05, 0) is 104 Å². The second kappa shape index (κ2) is 9.71. The Kier molecular flexibility index (Phi) is 7.12. The van der Waals surface area contributed by atoms with E-state index >= 15 is 0 Å². The van der Waals surface area contributed by atoms with Gasteiger partial charge in [-0.3, -0.25) is 9.59 Å². The molecule has 0 aromatic heterocycles. The normalized spacial score (nSPS) is 38.7. The van der Waals surface area contributed by atoms with E-state index in [2.05, 4.69) is 72.5 Å². The number of hydrogen-bond donors (Lipinski definition) is 1. The van der Waals surface area contributed by atoms with Crippen molar-refractivity contribution in [1.29, 1.82) is 5.26 Å². The summed E-state index contributed by atoms with van der Waals surface area (Å²) < 4.78 is 0. The van der Waals surface area contributed by atoms with Crippen molar-refractivity contribution in [3.05, 3.63) is 35.5 Å². The fourth-order valence-electron chi connectivity index (χ4n) is 9.82. The fraction of sp³-hybridized carbons (Fsp3) is 0.750. The van der Waals surface area contributed by atoms with E-state index < -0.39 is 0 Å². The Morgan fingerprint density at radius 2 is 1.82 bits per heavy atom. The van der Waals surface area contributed by atoms with Crippen molar-refractivity contribution in [2.45, 2.75) is 125 Å². The van der Waals surface area contributed by atoms with Crippen molar-refractivity contribution >= 4 is 11.7 Å². The predicted molar refractivity (Wildman–Crippen MR) is 161 cm³/mol. The van der Waals surface area contributed by atoms with Crippen LogP contribution in [0.1, 0.15) is 119 Å². The lowest BCUT2D eigenvalue weighted by atomic mass is 9.41. The van der Waals surface area contributed by atoms with E-state index in [-0.39, 0.29) is 56.6 Å². The highest BCUT2D eigenvalue weighted by Gasteiger charge is 2.62. The van der Waals surface area contributed by atoms with E-state index in [9.17, 15) is 14.9 Å². The van der Waals surface area contributed by atoms with E-state index in [1.54, 1.807) is 0 Å². The van der Waals surface area contributed by atoms with E-state index in [4.69, 9.17) is 0 Å². The van der Waals surface area contributed by atoms with Crippen molar-refractivity contribution in [2.75, 3.05) is 0 Å². The van der Waals surface area contributed by atoms with Crippen LogP contribution < -0.4 is 5.32 Å². The highest BCUT2D eigenvalue weighted by atomic mass is 16.2. The summed E-state index contributed by atoms with van der Waals surface area (Å²) >= 11 is 0. The van der Waals surface area contributed by atoms with Crippen LogP contribution in [0.3, 0.4) is 0 Å². The molecule has 5 aliphatic rings. The van der Waals surface area contributed by atoms with Crippen molar-refractivity contribution in [1.82, 2.24) is 5.32 Å². The number of carbonyl (C=O) groups is 2.